The molecule has 1 aromatic heterocycles. The fraction of sp³-hybridized carbons (Fsp3) is 0.250. The summed E-state index contributed by atoms with van der Waals surface area (Å²) in [6, 6.07) is 1.78. The van der Waals surface area contributed by atoms with Gasteiger partial charge in [-0.2, -0.15) is 0 Å². The Labute approximate surface area is 76.2 Å². The Hall–Kier alpha value is -1.78. The highest BCUT2D eigenvalue weighted by Crippen LogP contribution is 1.66. The van der Waals surface area contributed by atoms with E-state index in [1.807, 2.05) is 5.32 Å². The van der Waals surface area contributed by atoms with Crippen LogP contribution < -0.4 is 5.32 Å². The van der Waals surface area contributed by atoms with E-state index in [-0.39, 0.29) is 11.8 Å². The lowest BCUT2D eigenvalue weighted by Gasteiger charge is -1.88. The zero-order valence-corrected chi connectivity index (χ0v) is 7.52. The Kier molecular flexibility index (Phi) is 5.96. The summed E-state index contributed by atoms with van der Waals surface area (Å²) in [5.74, 6) is -0.625. The summed E-state index contributed by atoms with van der Waals surface area (Å²) in [6.07, 6.45) is 4.88. The Morgan fingerprint density at radius 1 is 1.08 bits per heavy atom. The van der Waals surface area contributed by atoms with Crippen LogP contribution in [0.15, 0.2) is 24.8 Å². The van der Waals surface area contributed by atoms with Crippen LogP contribution in [0.3, 0.4) is 0 Å². The summed E-state index contributed by atoms with van der Waals surface area (Å²) >= 11 is 0. The number of nitrogens with one attached hydrogen (secondary N) is 1. The molecular formula is C8H11N3O2. The molecule has 0 fully saturated rings. The number of hydrogen-bond acceptors (Lipinski definition) is 4. The fourth-order valence-electron chi connectivity index (χ4n) is 0.501. The molecule has 0 aliphatic rings. The zero-order valence-electron chi connectivity index (χ0n) is 7.52. The maximum Gasteiger partial charge on any atom is 0.223 e. The number of amides is 2. The highest BCUT2D eigenvalue weighted by molar-refractivity contribution is 5.92. The third-order valence-corrected chi connectivity index (χ3v) is 0.830. The molecule has 13 heavy (non-hydrogen) atoms. The molecule has 0 atom stereocenters. The first-order chi connectivity index (χ1) is 6.13. The molecule has 1 N–H and O–H groups in total. The third kappa shape index (κ3) is 10.2. The van der Waals surface area contributed by atoms with Gasteiger partial charge in [-0.3, -0.25) is 14.9 Å². The predicted octanol–water partition coefficient (Wildman–Crippen LogP) is 0.146. The minimum absolute atomic E-state index is 0.312. The average molecular weight is 181 g/mol. The number of imide groups is 1. The number of nitrogens with zero attached hydrogens (tertiary/aromatic N) is 2. The van der Waals surface area contributed by atoms with E-state index >= 15 is 0 Å². The van der Waals surface area contributed by atoms with Crippen molar-refractivity contribution < 1.29 is 9.59 Å². The topological polar surface area (TPSA) is 72.0 Å². The molecule has 0 unspecified atom stereocenters. The molecule has 0 bridgehead atoms. The van der Waals surface area contributed by atoms with E-state index in [9.17, 15) is 9.59 Å². The molecule has 5 nitrogen and oxygen atoms in total. The minimum Gasteiger partial charge on any atom is -0.297 e. The van der Waals surface area contributed by atoms with Crippen molar-refractivity contribution in [2.75, 3.05) is 0 Å². The second-order valence-corrected chi connectivity index (χ2v) is 2.14. The van der Waals surface area contributed by atoms with Gasteiger partial charge in [-0.15, -0.1) is 0 Å². The van der Waals surface area contributed by atoms with Crippen molar-refractivity contribution in [1.82, 2.24) is 15.3 Å². The molecule has 0 saturated carbocycles. The molecule has 0 aliphatic heterocycles. The van der Waals surface area contributed by atoms with Gasteiger partial charge in [0.15, 0.2) is 0 Å². The molecular weight excluding hydrogens is 170 g/mol. The second-order valence-electron chi connectivity index (χ2n) is 2.14. The quantitative estimate of drug-likeness (QED) is 0.618. The Morgan fingerprint density at radius 2 is 1.54 bits per heavy atom. The highest BCUT2D eigenvalue weighted by atomic mass is 16.2. The van der Waals surface area contributed by atoms with E-state index in [0.29, 0.717) is 0 Å². The van der Waals surface area contributed by atoms with Gasteiger partial charge in [-0.25, -0.2) is 9.97 Å². The van der Waals surface area contributed by atoms with Crippen molar-refractivity contribution in [3.63, 3.8) is 0 Å². The minimum atomic E-state index is -0.312. The van der Waals surface area contributed by atoms with Crippen LogP contribution in [0.5, 0.6) is 0 Å². The maximum atomic E-state index is 9.92. The van der Waals surface area contributed by atoms with Gasteiger partial charge < -0.3 is 0 Å². The molecule has 70 valence electrons. The van der Waals surface area contributed by atoms with Crippen LogP contribution >= 0.6 is 0 Å². The van der Waals surface area contributed by atoms with E-state index < -0.39 is 0 Å². The van der Waals surface area contributed by atoms with Gasteiger partial charge in [0.25, 0.3) is 0 Å². The van der Waals surface area contributed by atoms with Crippen molar-refractivity contribution in [3.8, 4) is 0 Å². The normalized spacial score (nSPS) is 7.85. The highest BCUT2D eigenvalue weighted by Gasteiger charge is 1.90. The van der Waals surface area contributed by atoms with Gasteiger partial charge >= 0.3 is 0 Å². The van der Waals surface area contributed by atoms with Gasteiger partial charge in [0.05, 0.1) is 0 Å². The predicted molar refractivity (Wildman–Crippen MR) is 46.5 cm³/mol. The van der Waals surface area contributed by atoms with Gasteiger partial charge in [0.1, 0.15) is 6.33 Å². The smallest absolute Gasteiger partial charge is 0.223 e. The number of carbonyl (C=O) groups is 2. The van der Waals surface area contributed by atoms with E-state index in [1.54, 1.807) is 18.5 Å². The standard InChI is InChI=1S/C4H4N2.C4H7NO2/c1-2-5-4-6-3-1;1-3(6)5-4(2)7/h1-4H;1-2H3,(H,5,6,7). The molecule has 2 amide bonds. The lowest BCUT2D eigenvalue weighted by molar-refractivity contribution is -0.127. The molecule has 1 rings (SSSR count). The van der Waals surface area contributed by atoms with Gasteiger partial charge in [-0.05, 0) is 6.07 Å². The summed E-state index contributed by atoms with van der Waals surface area (Å²) in [5, 5.41) is 2.03. The van der Waals surface area contributed by atoms with Crippen molar-refractivity contribution in [2.45, 2.75) is 13.8 Å². The van der Waals surface area contributed by atoms with E-state index in [2.05, 4.69) is 9.97 Å². The summed E-state index contributed by atoms with van der Waals surface area (Å²) in [6.45, 7) is 2.59. The van der Waals surface area contributed by atoms with Gasteiger partial charge in [0.2, 0.25) is 11.8 Å². The lowest BCUT2D eigenvalue weighted by Crippen LogP contribution is -2.24. The summed E-state index contributed by atoms with van der Waals surface area (Å²) in [7, 11) is 0. The number of carbonyl (C=O) groups excluding carboxylic acids is 2. The van der Waals surface area contributed by atoms with Crippen LogP contribution in [0.25, 0.3) is 0 Å². The van der Waals surface area contributed by atoms with Crippen molar-refractivity contribution in [1.29, 1.82) is 0 Å². The van der Waals surface area contributed by atoms with Crippen LogP contribution in [0.1, 0.15) is 13.8 Å². The molecule has 1 heterocycles. The first-order valence-corrected chi connectivity index (χ1v) is 3.61. The lowest BCUT2D eigenvalue weighted by atomic mass is 10.6. The first kappa shape index (κ1) is 11.2. The summed E-state index contributed by atoms with van der Waals surface area (Å²) in [5.41, 5.74) is 0. The van der Waals surface area contributed by atoms with Crippen molar-refractivity contribution >= 4 is 11.8 Å². The summed E-state index contributed by atoms with van der Waals surface area (Å²) in [4.78, 5) is 27.2. The second kappa shape index (κ2) is 6.90. The Bertz CT molecular complexity index is 223. The van der Waals surface area contributed by atoms with Crippen LogP contribution in [-0.2, 0) is 9.59 Å². The largest absolute Gasteiger partial charge is 0.297 e. The molecule has 0 radical (unpaired) electrons. The number of rotatable bonds is 0. The van der Waals surface area contributed by atoms with Gasteiger partial charge in [0, 0.05) is 26.2 Å². The van der Waals surface area contributed by atoms with E-state index in [4.69, 9.17) is 0 Å². The number of aromatic nitrogens is 2. The molecule has 0 saturated heterocycles. The SMILES string of the molecule is CC(=O)NC(C)=O.c1cncnc1. The molecule has 0 aliphatic carbocycles. The van der Waals surface area contributed by atoms with Crippen LogP contribution in [0.2, 0.25) is 0 Å². The van der Waals surface area contributed by atoms with Crippen molar-refractivity contribution in [3.05, 3.63) is 24.8 Å². The molecule has 0 aromatic carbocycles. The maximum absolute atomic E-state index is 9.92. The monoisotopic (exact) mass is 181 g/mol. The molecule has 5 heteroatoms. The zero-order chi connectivity index (χ0) is 10.1. The summed E-state index contributed by atoms with van der Waals surface area (Å²) < 4.78 is 0. The molecule has 1 aromatic rings. The van der Waals surface area contributed by atoms with E-state index in [0.717, 1.165) is 0 Å². The van der Waals surface area contributed by atoms with E-state index in [1.165, 1.54) is 20.2 Å². The van der Waals surface area contributed by atoms with Crippen LogP contribution in [0, 0.1) is 0 Å². The number of hydrogen-bond donors (Lipinski definition) is 1. The first-order valence-electron chi connectivity index (χ1n) is 3.61. The van der Waals surface area contributed by atoms with Crippen molar-refractivity contribution in [2.24, 2.45) is 0 Å². The van der Waals surface area contributed by atoms with Crippen LogP contribution in [0.4, 0.5) is 0 Å². The Morgan fingerprint density at radius 3 is 1.62 bits per heavy atom. The molecule has 0 spiro atoms. The average Bonchev–Trinajstić information content (AvgIpc) is 2.06. The third-order valence-electron chi connectivity index (χ3n) is 0.830. The fourth-order valence-corrected chi connectivity index (χ4v) is 0.501. The van der Waals surface area contributed by atoms with Crippen LogP contribution in [-0.4, -0.2) is 21.8 Å². The Balaban J connectivity index is 0.000000223. The van der Waals surface area contributed by atoms with Gasteiger partial charge in [-0.1, -0.05) is 0 Å².